The number of carbonyl (C=O) groups excluding carboxylic acids is 2. The van der Waals surface area contributed by atoms with Crippen molar-refractivity contribution in [3.63, 3.8) is 0 Å². The summed E-state index contributed by atoms with van der Waals surface area (Å²) in [4.78, 5) is 21.7. The van der Waals surface area contributed by atoms with Crippen LogP contribution in [0, 0.1) is 0 Å². The molecule has 0 unspecified atom stereocenters. The standard InChI is InChI=1S/C9H16O4S/c1-7(2)13-9(11)6-14-5-4-8(10)12-3/h7H,4-6H2,1-3H3. The smallest absolute Gasteiger partial charge is 0.316 e. The summed E-state index contributed by atoms with van der Waals surface area (Å²) in [6.07, 6.45) is 0.250. The predicted octanol–water partition coefficient (Wildman–Crippen LogP) is 1.23. The minimum Gasteiger partial charge on any atom is -0.469 e. The fourth-order valence-corrected chi connectivity index (χ4v) is 1.40. The number of ether oxygens (including phenoxy) is 2. The molecule has 0 saturated heterocycles. The molecular formula is C9H16O4S. The van der Waals surface area contributed by atoms with E-state index in [-0.39, 0.29) is 23.8 Å². The van der Waals surface area contributed by atoms with Crippen LogP contribution in [0.15, 0.2) is 0 Å². The zero-order valence-corrected chi connectivity index (χ0v) is 9.56. The summed E-state index contributed by atoms with van der Waals surface area (Å²) in [7, 11) is 1.35. The van der Waals surface area contributed by atoms with E-state index in [9.17, 15) is 9.59 Å². The van der Waals surface area contributed by atoms with Crippen LogP contribution >= 0.6 is 11.8 Å². The van der Waals surface area contributed by atoms with E-state index in [1.807, 2.05) is 0 Å². The Labute approximate surface area is 88.3 Å². The fraction of sp³-hybridized carbons (Fsp3) is 0.778. The van der Waals surface area contributed by atoms with Gasteiger partial charge in [-0.05, 0) is 13.8 Å². The average Bonchev–Trinajstić information content (AvgIpc) is 2.10. The number of hydrogen-bond acceptors (Lipinski definition) is 5. The van der Waals surface area contributed by atoms with Crippen LogP contribution < -0.4 is 0 Å². The maximum Gasteiger partial charge on any atom is 0.316 e. The molecule has 5 heteroatoms. The van der Waals surface area contributed by atoms with Crippen LogP contribution in [0.5, 0.6) is 0 Å². The van der Waals surface area contributed by atoms with Crippen molar-refractivity contribution in [2.45, 2.75) is 26.4 Å². The minimum atomic E-state index is -0.255. The molecule has 0 saturated carbocycles. The van der Waals surface area contributed by atoms with Gasteiger partial charge in [-0.15, -0.1) is 11.8 Å². The molecule has 0 rings (SSSR count). The summed E-state index contributed by atoms with van der Waals surface area (Å²) < 4.78 is 9.36. The van der Waals surface area contributed by atoms with Gasteiger partial charge in [-0.25, -0.2) is 0 Å². The fourth-order valence-electron chi connectivity index (χ4n) is 0.710. The van der Waals surface area contributed by atoms with Gasteiger partial charge in [-0.1, -0.05) is 0 Å². The van der Waals surface area contributed by atoms with Gasteiger partial charge in [0, 0.05) is 5.75 Å². The lowest BCUT2D eigenvalue weighted by Crippen LogP contribution is -2.13. The molecule has 0 aliphatic heterocycles. The Bertz CT molecular complexity index is 191. The van der Waals surface area contributed by atoms with Crippen molar-refractivity contribution in [1.29, 1.82) is 0 Å². The van der Waals surface area contributed by atoms with E-state index in [2.05, 4.69) is 4.74 Å². The van der Waals surface area contributed by atoms with Gasteiger partial charge >= 0.3 is 11.9 Å². The van der Waals surface area contributed by atoms with Crippen LogP contribution in [-0.4, -0.2) is 36.7 Å². The summed E-state index contributed by atoms with van der Waals surface area (Å²) in [5.41, 5.74) is 0. The molecule has 14 heavy (non-hydrogen) atoms. The molecule has 0 heterocycles. The predicted molar refractivity (Wildman–Crippen MR) is 55.2 cm³/mol. The van der Waals surface area contributed by atoms with Crippen molar-refractivity contribution in [3.8, 4) is 0 Å². The monoisotopic (exact) mass is 220 g/mol. The van der Waals surface area contributed by atoms with Gasteiger partial charge in [0.25, 0.3) is 0 Å². The molecule has 0 aliphatic carbocycles. The van der Waals surface area contributed by atoms with Crippen LogP contribution in [0.2, 0.25) is 0 Å². The topological polar surface area (TPSA) is 52.6 Å². The maximum absolute atomic E-state index is 11.0. The first-order valence-electron chi connectivity index (χ1n) is 4.40. The molecule has 0 amide bonds. The van der Waals surface area contributed by atoms with Crippen molar-refractivity contribution in [2.24, 2.45) is 0 Å². The Morgan fingerprint density at radius 2 is 1.93 bits per heavy atom. The summed E-state index contributed by atoms with van der Waals surface area (Å²) in [5.74, 6) is 0.374. The first kappa shape index (κ1) is 13.3. The summed E-state index contributed by atoms with van der Waals surface area (Å²) in [5, 5.41) is 0. The molecule has 82 valence electrons. The molecule has 0 aromatic carbocycles. The normalized spacial score (nSPS) is 10.0. The second-order valence-electron chi connectivity index (χ2n) is 2.92. The molecule has 0 N–H and O–H groups in total. The third-order valence-electron chi connectivity index (χ3n) is 1.27. The lowest BCUT2D eigenvalue weighted by atomic mass is 10.5. The zero-order chi connectivity index (χ0) is 11.0. The van der Waals surface area contributed by atoms with Crippen LogP contribution in [0.3, 0.4) is 0 Å². The minimum absolute atomic E-state index is 0.0799. The Kier molecular flexibility index (Phi) is 7.28. The molecule has 0 radical (unpaired) electrons. The van der Waals surface area contributed by atoms with Gasteiger partial charge in [0.05, 0.1) is 25.4 Å². The molecule has 0 atom stereocenters. The first-order chi connectivity index (χ1) is 6.56. The maximum atomic E-state index is 11.0. The number of carbonyl (C=O) groups is 2. The van der Waals surface area contributed by atoms with Gasteiger partial charge in [-0.2, -0.15) is 0 Å². The van der Waals surface area contributed by atoms with Crippen LogP contribution in [0.25, 0.3) is 0 Å². The number of rotatable bonds is 6. The highest BCUT2D eigenvalue weighted by Gasteiger charge is 2.06. The van der Waals surface area contributed by atoms with E-state index >= 15 is 0 Å². The summed E-state index contributed by atoms with van der Waals surface area (Å²) in [6.45, 7) is 3.61. The Morgan fingerprint density at radius 1 is 1.29 bits per heavy atom. The lowest BCUT2D eigenvalue weighted by molar-refractivity contribution is -0.144. The Hall–Kier alpha value is -0.710. The van der Waals surface area contributed by atoms with Crippen LogP contribution in [-0.2, 0) is 19.1 Å². The van der Waals surface area contributed by atoms with Gasteiger partial charge < -0.3 is 9.47 Å². The van der Waals surface area contributed by atoms with Gasteiger partial charge in [0.2, 0.25) is 0 Å². The van der Waals surface area contributed by atoms with E-state index in [4.69, 9.17) is 4.74 Å². The van der Waals surface area contributed by atoms with Gasteiger partial charge in [-0.3, -0.25) is 9.59 Å². The second-order valence-corrected chi connectivity index (χ2v) is 4.02. The van der Waals surface area contributed by atoms with Crippen molar-refractivity contribution >= 4 is 23.7 Å². The highest BCUT2D eigenvalue weighted by Crippen LogP contribution is 2.04. The quantitative estimate of drug-likeness (QED) is 0.498. The van der Waals surface area contributed by atoms with Crippen molar-refractivity contribution in [1.82, 2.24) is 0 Å². The largest absolute Gasteiger partial charge is 0.469 e. The summed E-state index contributed by atoms with van der Waals surface area (Å²) >= 11 is 1.37. The molecule has 4 nitrogen and oxygen atoms in total. The molecule has 0 aromatic rings. The highest BCUT2D eigenvalue weighted by molar-refractivity contribution is 7.99. The number of thioether (sulfide) groups is 1. The highest BCUT2D eigenvalue weighted by atomic mass is 32.2. The molecule has 0 spiro atoms. The molecule has 0 fully saturated rings. The van der Waals surface area contributed by atoms with Gasteiger partial charge in [0.15, 0.2) is 0 Å². The molecule has 0 bridgehead atoms. The summed E-state index contributed by atoms with van der Waals surface area (Å²) in [6, 6.07) is 0. The van der Waals surface area contributed by atoms with Gasteiger partial charge in [0.1, 0.15) is 0 Å². The number of methoxy groups -OCH3 is 1. The van der Waals surface area contributed by atoms with Crippen molar-refractivity contribution < 1.29 is 19.1 Å². The van der Waals surface area contributed by atoms with E-state index in [0.717, 1.165) is 0 Å². The van der Waals surface area contributed by atoms with E-state index in [1.54, 1.807) is 13.8 Å². The third kappa shape index (κ3) is 7.91. The van der Waals surface area contributed by atoms with Crippen molar-refractivity contribution in [2.75, 3.05) is 18.6 Å². The first-order valence-corrected chi connectivity index (χ1v) is 5.55. The average molecular weight is 220 g/mol. The zero-order valence-electron chi connectivity index (χ0n) is 8.74. The second kappa shape index (κ2) is 7.67. The molecular weight excluding hydrogens is 204 g/mol. The lowest BCUT2D eigenvalue weighted by Gasteiger charge is -2.06. The van der Waals surface area contributed by atoms with Crippen LogP contribution in [0.1, 0.15) is 20.3 Å². The Morgan fingerprint density at radius 3 is 2.43 bits per heavy atom. The molecule has 0 aliphatic rings. The molecule has 0 aromatic heterocycles. The SMILES string of the molecule is COC(=O)CCSCC(=O)OC(C)C. The third-order valence-corrected chi connectivity index (χ3v) is 2.20. The Balaban J connectivity index is 3.36. The van der Waals surface area contributed by atoms with E-state index in [1.165, 1.54) is 18.9 Å². The number of esters is 2. The van der Waals surface area contributed by atoms with E-state index < -0.39 is 0 Å². The van der Waals surface area contributed by atoms with Crippen molar-refractivity contribution in [3.05, 3.63) is 0 Å². The van der Waals surface area contributed by atoms with Crippen LogP contribution in [0.4, 0.5) is 0 Å². The number of hydrogen-bond donors (Lipinski definition) is 0. The van der Waals surface area contributed by atoms with E-state index in [0.29, 0.717) is 12.2 Å².